The zero-order chi connectivity index (χ0) is 19.6. The number of benzene rings is 3. The summed E-state index contributed by atoms with van der Waals surface area (Å²) < 4.78 is 10.9. The van der Waals surface area contributed by atoms with Gasteiger partial charge in [0.1, 0.15) is 25.0 Å². The largest absolute Gasteiger partial charge is 0.489 e. The molecule has 28 heavy (non-hydrogen) atoms. The molecule has 3 aromatic rings. The average Bonchev–Trinajstić information content (AvgIpc) is 2.76. The Kier molecular flexibility index (Phi) is 6.64. The van der Waals surface area contributed by atoms with Crippen LogP contribution in [0.2, 0.25) is 0 Å². The molecule has 0 fully saturated rings. The van der Waals surface area contributed by atoms with Gasteiger partial charge in [-0.3, -0.25) is 0 Å². The molecule has 0 saturated carbocycles. The number of rotatable bonds is 7. The molecule has 0 aliphatic carbocycles. The van der Waals surface area contributed by atoms with E-state index in [2.05, 4.69) is 11.4 Å². The Balaban J connectivity index is 1.52. The van der Waals surface area contributed by atoms with Crippen molar-refractivity contribution in [1.29, 1.82) is 5.26 Å². The summed E-state index contributed by atoms with van der Waals surface area (Å²) >= 11 is 0. The minimum atomic E-state index is -0.800. The van der Waals surface area contributed by atoms with Crippen molar-refractivity contribution in [1.82, 2.24) is 5.32 Å². The van der Waals surface area contributed by atoms with Gasteiger partial charge < -0.3 is 14.8 Å². The van der Waals surface area contributed by atoms with Crippen LogP contribution < -0.4 is 10.1 Å². The maximum absolute atomic E-state index is 12.0. The van der Waals surface area contributed by atoms with Gasteiger partial charge in [-0.1, -0.05) is 72.8 Å². The van der Waals surface area contributed by atoms with Crippen LogP contribution in [0, 0.1) is 11.3 Å². The molecule has 5 nitrogen and oxygen atoms in total. The van der Waals surface area contributed by atoms with Gasteiger partial charge >= 0.3 is 6.09 Å². The normalized spacial score (nSPS) is 11.1. The fourth-order valence-corrected chi connectivity index (χ4v) is 2.57. The number of hydrogen-bond acceptors (Lipinski definition) is 4. The molecule has 0 bridgehead atoms. The van der Waals surface area contributed by atoms with Gasteiger partial charge in [-0.15, -0.1) is 0 Å². The van der Waals surface area contributed by atoms with Crippen molar-refractivity contribution in [3.63, 3.8) is 0 Å². The Morgan fingerprint density at radius 3 is 2.00 bits per heavy atom. The van der Waals surface area contributed by atoms with Gasteiger partial charge in [-0.05, 0) is 28.8 Å². The van der Waals surface area contributed by atoms with Crippen LogP contribution in [0.3, 0.4) is 0 Å². The number of nitrogens with one attached hydrogen (secondary N) is 1. The molecule has 0 aliphatic heterocycles. The fourth-order valence-electron chi connectivity index (χ4n) is 2.57. The third-order valence-corrected chi connectivity index (χ3v) is 4.07. The van der Waals surface area contributed by atoms with Crippen molar-refractivity contribution in [2.75, 3.05) is 0 Å². The summed E-state index contributed by atoms with van der Waals surface area (Å²) in [5.41, 5.74) is 2.61. The molecule has 3 rings (SSSR count). The highest BCUT2D eigenvalue weighted by Crippen LogP contribution is 2.19. The Morgan fingerprint density at radius 2 is 1.43 bits per heavy atom. The lowest BCUT2D eigenvalue weighted by molar-refractivity contribution is 0.137. The van der Waals surface area contributed by atoms with Crippen molar-refractivity contribution in [3.8, 4) is 11.8 Å². The number of ether oxygens (including phenoxy) is 2. The Morgan fingerprint density at radius 1 is 0.857 bits per heavy atom. The summed E-state index contributed by atoms with van der Waals surface area (Å²) in [6, 6.07) is 27.6. The fraction of sp³-hybridized carbons (Fsp3) is 0.130. The molecule has 0 heterocycles. The number of carbonyl (C=O) groups excluding carboxylic acids is 1. The topological polar surface area (TPSA) is 71.4 Å². The Bertz CT molecular complexity index is 920. The molecule has 1 amide bonds. The molecule has 1 N–H and O–H groups in total. The molecule has 1 unspecified atom stereocenters. The molecule has 3 aromatic carbocycles. The number of hydrogen-bond donors (Lipinski definition) is 1. The Hall–Kier alpha value is -3.78. The van der Waals surface area contributed by atoms with E-state index in [0.717, 1.165) is 11.1 Å². The van der Waals surface area contributed by atoms with Crippen molar-refractivity contribution < 1.29 is 14.3 Å². The lowest BCUT2D eigenvalue weighted by Crippen LogP contribution is -2.28. The van der Waals surface area contributed by atoms with E-state index in [1.54, 1.807) is 24.3 Å². The van der Waals surface area contributed by atoms with Crippen LogP contribution in [0.1, 0.15) is 22.7 Å². The van der Waals surface area contributed by atoms with Crippen molar-refractivity contribution in [2.24, 2.45) is 0 Å². The molecule has 0 spiro atoms. The van der Waals surface area contributed by atoms with Gasteiger partial charge in [0.15, 0.2) is 0 Å². The molecule has 0 aliphatic rings. The Labute approximate surface area is 164 Å². The summed E-state index contributed by atoms with van der Waals surface area (Å²) in [4.78, 5) is 12.0. The van der Waals surface area contributed by atoms with Gasteiger partial charge in [-0.25, -0.2) is 4.79 Å². The summed E-state index contributed by atoms with van der Waals surface area (Å²) in [5, 5.41) is 12.0. The first-order valence-corrected chi connectivity index (χ1v) is 8.88. The number of amides is 1. The highest BCUT2D eigenvalue weighted by atomic mass is 16.5. The summed E-state index contributed by atoms with van der Waals surface area (Å²) in [5.74, 6) is 0.691. The molecule has 0 aromatic heterocycles. The van der Waals surface area contributed by atoms with Gasteiger partial charge in [0.25, 0.3) is 0 Å². The van der Waals surface area contributed by atoms with Crippen molar-refractivity contribution >= 4 is 6.09 Å². The maximum atomic E-state index is 12.0. The van der Waals surface area contributed by atoms with Crippen LogP contribution in [0.4, 0.5) is 4.79 Å². The van der Waals surface area contributed by atoms with E-state index in [1.807, 2.05) is 60.7 Å². The first-order chi connectivity index (χ1) is 13.7. The monoisotopic (exact) mass is 372 g/mol. The van der Waals surface area contributed by atoms with Gasteiger partial charge in [0.2, 0.25) is 0 Å². The van der Waals surface area contributed by atoms with E-state index >= 15 is 0 Å². The van der Waals surface area contributed by atoms with E-state index in [0.29, 0.717) is 17.9 Å². The number of nitriles is 1. The van der Waals surface area contributed by atoms with Gasteiger partial charge in [-0.2, -0.15) is 5.26 Å². The standard InChI is InChI=1S/C23H20N2O3/c24-15-22(25-23(26)28-17-19-9-5-2-6-10-19)20-11-13-21(14-12-20)27-16-18-7-3-1-4-8-18/h1-14,22H,16-17H2,(H,25,26). The first-order valence-electron chi connectivity index (χ1n) is 8.88. The molecule has 1 atom stereocenters. The predicted octanol–water partition coefficient (Wildman–Crippen LogP) is 4.76. The second-order valence-electron chi connectivity index (χ2n) is 6.11. The number of alkyl carbamates (subject to hydrolysis) is 1. The third-order valence-electron chi connectivity index (χ3n) is 4.07. The molecular weight excluding hydrogens is 352 g/mol. The van der Waals surface area contributed by atoms with E-state index in [-0.39, 0.29) is 6.61 Å². The van der Waals surface area contributed by atoms with Crippen molar-refractivity contribution in [3.05, 3.63) is 102 Å². The molecule has 0 saturated heterocycles. The van der Waals surface area contributed by atoms with Crippen LogP contribution in [0.25, 0.3) is 0 Å². The smallest absolute Gasteiger partial charge is 0.408 e. The summed E-state index contributed by atoms with van der Waals surface area (Å²) in [6.07, 6.45) is -0.639. The number of nitrogens with zero attached hydrogens (tertiary/aromatic N) is 1. The second kappa shape index (κ2) is 9.79. The van der Waals surface area contributed by atoms with Crippen LogP contribution in [-0.2, 0) is 18.0 Å². The van der Waals surface area contributed by atoms with Crippen LogP contribution in [0.5, 0.6) is 5.75 Å². The minimum Gasteiger partial charge on any atom is -0.489 e. The molecule has 140 valence electrons. The van der Waals surface area contributed by atoms with Crippen LogP contribution >= 0.6 is 0 Å². The minimum absolute atomic E-state index is 0.150. The van der Waals surface area contributed by atoms with Crippen LogP contribution in [0.15, 0.2) is 84.9 Å². The lowest BCUT2D eigenvalue weighted by Gasteiger charge is -2.13. The highest BCUT2D eigenvalue weighted by molar-refractivity contribution is 5.68. The van der Waals surface area contributed by atoms with E-state index in [1.165, 1.54) is 0 Å². The lowest BCUT2D eigenvalue weighted by atomic mass is 10.1. The predicted molar refractivity (Wildman–Crippen MR) is 105 cm³/mol. The zero-order valence-electron chi connectivity index (χ0n) is 15.2. The summed E-state index contributed by atoms with van der Waals surface area (Å²) in [6.45, 7) is 0.614. The highest BCUT2D eigenvalue weighted by Gasteiger charge is 2.15. The van der Waals surface area contributed by atoms with Gasteiger partial charge in [0, 0.05) is 0 Å². The number of carbonyl (C=O) groups is 1. The van der Waals surface area contributed by atoms with Crippen molar-refractivity contribution in [2.45, 2.75) is 19.3 Å². The van der Waals surface area contributed by atoms with E-state index < -0.39 is 12.1 Å². The SMILES string of the molecule is N#CC(NC(=O)OCc1ccccc1)c1ccc(OCc2ccccc2)cc1. The zero-order valence-corrected chi connectivity index (χ0v) is 15.2. The van der Waals surface area contributed by atoms with E-state index in [4.69, 9.17) is 9.47 Å². The van der Waals surface area contributed by atoms with E-state index in [9.17, 15) is 10.1 Å². The average molecular weight is 372 g/mol. The first kappa shape index (κ1) is 19.0. The summed E-state index contributed by atoms with van der Waals surface area (Å²) in [7, 11) is 0. The third kappa shape index (κ3) is 5.61. The van der Waals surface area contributed by atoms with Gasteiger partial charge in [0.05, 0.1) is 6.07 Å². The molecular formula is C23H20N2O3. The van der Waals surface area contributed by atoms with Crippen LogP contribution in [-0.4, -0.2) is 6.09 Å². The molecule has 0 radical (unpaired) electrons. The molecule has 5 heteroatoms. The maximum Gasteiger partial charge on any atom is 0.408 e. The second-order valence-corrected chi connectivity index (χ2v) is 6.11. The quantitative estimate of drug-likeness (QED) is 0.649.